The van der Waals surface area contributed by atoms with Crippen molar-refractivity contribution in [2.75, 3.05) is 6.54 Å². The molecule has 0 aliphatic carbocycles. The Balaban J connectivity index is 4.40. The number of carbonyl (C=O) groups excluding carboxylic acids is 1. The lowest BCUT2D eigenvalue weighted by Gasteiger charge is -2.22. The van der Waals surface area contributed by atoms with Gasteiger partial charge < -0.3 is 16.2 Å². The summed E-state index contributed by atoms with van der Waals surface area (Å²) in [7, 11) is 0. The molecule has 1 amide bonds. The third kappa shape index (κ3) is 4.61. The molecule has 0 bridgehead atoms. The number of aliphatic carboxylic acids is 1. The van der Waals surface area contributed by atoms with Gasteiger partial charge in [-0.3, -0.25) is 4.79 Å². The zero-order chi connectivity index (χ0) is 12.7. The first-order chi connectivity index (χ1) is 7.43. The van der Waals surface area contributed by atoms with E-state index in [-0.39, 0.29) is 17.7 Å². The van der Waals surface area contributed by atoms with E-state index in [1.807, 2.05) is 13.8 Å². The number of nitrogens with two attached hydrogens (primary N) is 1. The molecule has 0 radical (unpaired) electrons. The van der Waals surface area contributed by atoms with Crippen LogP contribution in [0.3, 0.4) is 0 Å². The fourth-order valence-electron chi connectivity index (χ4n) is 1.36. The Morgan fingerprint density at radius 3 is 2.31 bits per heavy atom. The van der Waals surface area contributed by atoms with Crippen molar-refractivity contribution in [3.8, 4) is 0 Å². The number of amides is 1. The number of hydrogen-bond acceptors (Lipinski definition) is 3. The predicted molar refractivity (Wildman–Crippen MR) is 61.9 cm³/mol. The fraction of sp³-hybridized carbons (Fsp3) is 0.818. The largest absolute Gasteiger partial charge is 0.480 e. The van der Waals surface area contributed by atoms with Gasteiger partial charge in [0.25, 0.3) is 0 Å². The fourth-order valence-corrected chi connectivity index (χ4v) is 1.36. The van der Waals surface area contributed by atoms with Crippen LogP contribution in [0, 0.1) is 11.8 Å². The molecule has 94 valence electrons. The van der Waals surface area contributed by atoms with E-state index in [1.54, 1.807) is 6.92 Å². The monoisotopic (exact) mass is 230 g/mol. The standard InChI is InChI=1S/C11H22N2O3/c1-4-7(2)9(11(15)16)13-10(14)8(3)5-6-12/h7-9H,4-6,12H2,1-3H3,(H,13,14)(H,15,16). The summed E-state index contributed by atoms with van der Waals surface area (Å²) in [4.78, 5) is 22.6. The average molecular weight is 230 g/mol. The van der Waals surface area contributed by atoms with E-state index in [0.29, 0.717) is 19.4 Å². The second kappa shape index (κ2) is 7.22. The van der Waals surface area contributed by atoms with E-state index in [4.69, 9.17) is 10.8 Å². The van der Waals surface area contributed by atoms with Crippen LogP contribution in [0.1, 0.15) is 33.6 Å². The Kier molecular flexibility index (Phi) is 6.72. The van der Waals surface area contributed by atoms with Gasteiger partial charge in [0.1, 0.15) is 6.04 Å². The summed E-state index contributed by atoms with van der Waals surface area (Å²) in [6.07, 6.45) is 1.28. The van der Waals surface area contributed by atoms with Crippen molar-refractivity contribution in [2.24, 2.45) is 17.6 Å². The molecular weight excluding hydrogens is 208 g/mol. The smallest absolute Gasteiger partial charge is 0.326 e. The van der Waals surface area contributed by atoms with Crippen LogP contribution < -0.4 is 11.1 Å². The quantitative estimate of drug-likeness (QED) is 0.596. The predicted octanol–water partition coefficient (Wildman–Crippen LogP) is 0.587. The molecule has 0 heterocycles. The highest BCUT2D eigenvalue weighted by atomic mass is 16.4. The zero-order valence-corrected chi connectivity index (χ0v) is 10.2. The zero-order valence-electron chi connectivity index (χ0n) is 10.2. The van der Waals surface area contributed by atoms with Crippen LogP contribution in [0.15, 0.2) is 0 Å². The Hall–Kier alpha value is -1.10. The van der Waals surface area contributed by atoms with Gasteiger partial charge in [-0.1, -0.05) is 27.2 Å². The molecule has 0 aromatic heterocycles. The molecule has 0 aliphatic heterocycles. The van der Waals surface area contributed by atoms with Crippen molar-refractivity contribution in [2.45, 2.75) is 39.7 Å². The van der Waals surface area contributed by atoms with Crippen LogP contribution >= 0.6 is 0 Å². The van der Waals surface area contributed by atoms with Gasteiger partial charge in [-0.2, -0.15) is 0 Å². The van der Waals surface area contributed by atoms with E-state index in [9.17, 15) is 9.59 Å². The Labute approximate surface area is 96.4 Å². The second-order valence-corrected chi connectivity index (χ2v) is 4.19. The second-order valence-electron chi connectivity index (χ2n) is 4.19. The van der Waals surface area contributed by atoms with E-state index < -0.39 is 12.0 Å². The molecular formula is C11H22N2O3. The molecule has 3 atom stereocenters. The summed E-state index contributed by atoms with van der Waals surface area (Å²) in [5, 5.41) is 11.6. The molecule has 5 nitrogen and oxygen atoms in total. The minimum Gasteiger partial charge on any atom is -0.480 e. The normalized spacial score (nSPS) is 16.2. The van der Waals surface area contributed by atoms with Crippen molar-refractivity contribution < 1.29 is 14.7 Å². The Morgan fingerprint density at radius 1 is 1.38 bits per heavy atom. The van der Waals surface area contributed by atoms with Crippen LogP contribution in [0.2, 0.25) is 0 Å². The van der Waals surface area contributed by atoms with E-state index in [0.717, 1.165) is 0 Å². The lowest BCUT2D eigenvalue weighted by molar-refractivity contribution is -0.143. The molecule has 0 aliphatic rings. The molecule has 0 fully saturated rings. The first-order valence-electron chi connectivity index (χ1n) is 5.67. The van der Waals surface area contributed by atoms with Crippen LogP contribution in [0.25, 0.3) is 0 Å². The highest BCUT2D eigenvalue weighted by Crippen LogP contribution is 2.09. The van der Waals surface area contributed by atoms with E-state index in [2.05, 4.69) is 5.32 Å². The molecule has 0 saturated carbocycles. The van der Waals surface area contributed by atoms with Crippen molar-refractivity contribution in [3.05, 3.63) is 0 Å². The summed E-state index contributed by atoms with van der Waals surface area (Å²) >= 11 is 0. The molecule has 0 aromatic rings. The molecule has 0 rings (SSSR count). The van der Waals surface area contributed by atoms with Gasteiger partial charge in [0.2, 0.25) is 5.91 Å². The first kappa shape index (κ1) is 14.9. The third-order valence-corrected chi connectivity index (χ3v) is 2.82. The number of carboxylic acids is 1. The summed E-state index contributed by atoms with van der Waals surface area (Å²) in [5.74, 6) is -1.54. The molecule has 16 heavy (non-hydrogen) atoms. The van der Waals surface area contributed by atoms with Crippen LogP contribution in [0.4, 0.5) is 0 Å². The van der Waals surface area contributed by atoms with Crippen molar-refractivity contribution in [1.29, 1.82) is 0 Å². The maximum atomic E-state index is 11.6. The molecule has 5 heteroatoms. The van der Waals surface area contributed by atoms with Gasteiger partial charge in [-0.25, -0.2) is 4.79 Å². The first-order valence-corrected chi connectivity index (χ1v) is 5.67. The number of carboxylic acid groups (broad SMARTS) is 1. The molecule has 0 spiro atoms. The number of rotatable bonds is 7. The maximum absolute atomic E-state index is 11.6. The van der Waals surface area contributed by atoms with Crippen molar-refractivity contribution in [3.63, 3.8) is 0 Å². The minimum atomic E-state index is -0.984. The minimum absolute atomic E-state index is 0.0773. The van der Waals surface area contributed by atoms with Crippen LogP contribution in [0.5, 0.6) is 0 Å². The molecule has 0 saturated heterocycles. The SMILES string of the molecule is CCC(C)C(NC(=O)C(C)CCN)C(=O)O. The van der Waals surface area contributed by atoms with E-state index in [1.165, 1.54) is 0 Å². The van der Waals surface area contributed by atoms with Crippen LogP contribution in [-0.2, 0) is 9.59 Å². The highest BCUT2D eigenvalue weighted by molar-refractivity contribution is 5.84. The third-order valence-electron chi connectivity index (χ3n) is 2.82. The summed E-state index contributed by atoms with van der Waals surface area (Å²) < 4.78 is 0. The number of nitrogens with one attached hydrogen (secondary N) is 1. The highest BCUT2D eigenvalue weighted by Gasteiger charge is 2.26. The van der Waals surface area contributed by atoms with E-state index >= 15 is 0 Å². The maximum Gasteiger partial charge on any atom is 0.326 e. The van der Waals surface area contributed by atoms with Crippen molar-refractivity contribution in [1.82, 2.24) is 5.32 Å². The molecule has 0 aromatic carbocycles. The Morgan fingerprint density at radius 2 is 1.94 bits per heavy atom. The average Bonchev–Trinajstić information content (AvgIpc) is 2.24. The van der Waals surface area contributed by atoms with Gasteiger partial charge in [-0.05, 0) is 18.9 Å². The summed E-state index contributed by atoms with van der Waals surface area (Å²) in [5.41, 5.74) is 5.35. The van der Waals surface area contributed by atoms with Gasteiger partial charge in [0.15, 0.2) is 0 Å². The lowest BCUT2D eigenvalue weighted by atomic mass is 9.98. The Bertz CT molecular complexity index is 243. The molecule has 3 unspecified atom stereocenters. The van der Waals surface area contributed by atoms with Gasteiger partial charge in [-0.15, -0.1) is 0 Å². The lowest BCUT2D eigenvalue weighted by Crippen LogP contribution is -2.47. The number of carbonyl (C=O) groups is 2. The topological polar surface area (TPSA) is 92.4 Å². The van der Waals surface area contributed by atoms with Crippen LogP contribution in [-0.4, -0.2) is 29.6 Å². The van der Waals surface area contributed by atoms with Crippen molar-refractivity contribution >= 4 is 11.9 Å². The van der Waals surface area contributed by atoms with Gasteiger partial charge in [0.05, 0.1) is 0 Å². The van der Waals surface area contributed by atoms with Gasteiger partial charge >= 0.3 is 5.97 Å². The van der Waals surface area contributed by atoms with Gasteiger partial charge in [0, 0.05) is 5.92 Å². The summed E-state index contributed by atoms with van der Waals surface area (Å²) in [6.45, 7) is 5.89. The summed E-state index contributed by atoms with van der Waals surface area (Å²) in [6, 6.07) is -0.808. The number of hydrogen-bond donors (Lipinski definition) is 3. The molecule has 4 N–H and O–H groups in total.